The molecule has 0 saturated carbocycles. The minimum absolute atomic E-state index is 0.0593. The Kier molecular flexibility index (Phi) is 8.22. The summed E-state index contributed by atoms with van der Waals surface area (Å²) in [6.45, 7) is 12.3. The molecule has 0 aliphatic carbocycles. The third-order valence-electron chi connectivity index (χ3n) is 7.52. The Hall–Kier alpha value is -3.32. The molecule has 5 N–H and O–H groups in total. The highest BCUT2D eigenvalue weighted by molar-refractivity contribution is 5.89. The maximum atomic E-state index is 12.3. The fraction of sp³-hybridized carbons (Fsp3) is 0.571. The number of amides is 2. The highest BCUT2D eigenvalue weighted by Crippen LogP contribution is 2.39. The largest absolute Gasteiger partial charge is 0.382 e. The molecule has 2 fully saturated rings. The zero-order chi connectivity index (χ0) is 28.4. The third kappa shape index (κ3) is 6.04. The van der Waals surface area contributed by atoms with E-state index >= 15 is 0 Å². The van der Waals surface area contributed by atoms with Crippen molar-refractivity contribution in [3.05, 3.63) is 42.5 Å². The van der Waals surface area contributed by atoms with Crippen LogP contribution in [0.2, 0.25) is 0 Å². The van der Waals surface area contributed by atoms with E-state index < -0.39 is 6.23 Å². The second kappa shape index (κ2) is 11.7. The molecule has 2 aliphatic heterocycles. The van der Waals surface area contributed by atoms with Crippen LogP contribution in [0.4, 0.5) is 16.3 Å². The molecule has 0 spiro atoms. The molecule has 1 aromatic carbocycles. The van der Waals surface area contributed by atoms with E-state index in [2.05, 4.69) is 51.7 Å². The van der Waals surface area contributed by atoms with E-state index in [1.165, 1.54) is 11.9 Å². The zero-order valence-corrected chi connectivity index (χ0v) is 23.8. The van der Waals surface area contributed by atoms with Crippen molar-refractivity contribution in [2.24, 2.45) is 0 Å². The predicted molar refractivity (Wildman–Crippen MR) is 152 cm³/mol. The van der Waals surface area contributed by atoms with Crippen molar-refractivity contribution < 1.29 is 19.0 Å². The summed E-state index contributed by atoms with van der Waals surface area (Å²) in [6.07, 6.45) is 2.41. The Morgan fingerprint density at radius 3 is 2.45 bits per heavy atom. The quantitative estimate of drug-likeness (QED) is 0.309. The van der Waals surface area contributed by atoms with Crippen LogP contribution in [0.15, 0.2) is 36.9 Å². The molecular formula is C28H40N8O4. The summed E-state index contributed by atoms with van der Waals surface area (Å²) < 4.78 is 21.0. The molecule has 2 saturated heterocycles. The van der Waals surface area contributed by atoms with E-state index in [9.17, 15) is 4.79 Å². The lowest BCUT2D eigenvalue weighted by Crippen LogP contribution is -2.51. The molecule has 2 aromatic heterocycles. The van der Waals surface area contributed by atoms with Gasteiger partial charge in [-0.1, -0.05) is 32.9 Å². The highest BCUT2D eigenvalue weighted by atomic mass is 16.7. The lowest BCUT2D eigenvalue weighted by atomic mass is 9.87. The van der Waals surface area contributed by atoms with Crippen molar-refractivity contribution in [2.45, 2.75) is 83.2 Å². The van der Waals surface area contributed by atoms with Gasteiger partial charge in [0, 0.05) is 18.8 Å². The van der Waals surface area contributed by atoms with Gasteiger partial charge in [0.05, 0.1) is 18.5 Å². The number of nitrogens with zero attached hydrogens (tertiary/aromatic N) is 4. The highest BCUT2D eigenvalue weighted by Gasteiger charge is 2.51. The summed E-state index contributed by atoms with van der Waals surface area (Å²) in [5.41, 5.74) is 9.17. The fourth-order valence-electron chi connectivity index (χ4n) is 5.07. The Bertz CT molecular complexity index is 1310. The average Bonchev–Trinajstić information content (AvgIpc) is 3.48. The molecule has 0 bridgehead atoms. The number of carbonyl (C=O) groups excluding carboxylic acids is 1. The van der Waals surface area contributed by atoms with E-state index in [0.29, 0.717) is 36.6 Å². The summed E-state index contributed by atoms with van der Waals surface area (Å²) in [4.78, 5) is 25.1. The summed E-state index contributed by atoms with van der Waals surface area (Å²) in [6, 6.07) is 7.72. The van der Waals surface area contributed by atoms with Gasteiger partial charge in [-0.15, -0.1) is 0 Å². The van der Waals surface area contributed by atoms with Crippen LogP contribution in [0.5, 0.6) is 0 Å². The number of nitrogens with two attached hydrogens (primary N) is 1. The first-order valence-electron chi connectivity index (χ1n) is 13.9. The van der Waals surface area contributed by atoms with Crippen molar-refractivity contribution in [1.82, 2.24) is 30.2 Å². The van der Waals surface area contributed by atoms with Crippen molar-refractivity contribution in [3.8, 4) is 0 Å². The van der Waals surface area contributed by atoms with Gasteiger partial charge in [0.25, 0.3) is 0 Å². The van der Waals surface area contributed by atoms with Crippen molar-refractivity contribution in [2.75, 3.05) is 30.7 Å². The first kappa shape index (κ1) is 28.2. The molecule has 12 heteroatoms. The monoisotopic (exact) mass is 552 g/mol. The second-order valence-electron chi connectivity index (χ2n) is 11.5. The van der Waals surface area contributed by atoms with Gasteiger partial charge in [-0.2, -0.15) is 0 Å². The van der Waals surface area contributed by atoms with Gasteiger partial charge in [-0.25, -0.2) is 19.7 Å². The number of urea groups is 1. The van der Waals surface area contributed by atoms with Crippen LogP contribution in [0.25, 0.3) is 11.2 Å². The van der Waals surface area contributed by atoms with E-state index in [-0.39, 0.29) is 42.0 Å². The number of hydrogen-bond acceptors (Lipinski definition) is 9. The number of hydrogen-bond donors (Lipinski definition) is 4. The number of ether oxygens (including phenoxy) is 3. The summed E-state index contributed by atoms with van der Waals surface area (Å²) in [5, 5.41) is 9.23. The lowest BCUT2D eigenvalue weighted by Gasteiger charge is -2.37. The number of rotatable bonds is 8. The van der Waals surface area contributed by atoms with Crippen LogP contribution in [0.1, 0.15) is 52.8 Å². The fourth-order valence-corrected chi connectivity index (χ4v) is 5.07. The number of nitrogens with one attached hydrogen (secondary N) is 3. The molecule has 12 nitrogen and oxygen atoms in total. The van der Waals surface area contributed by atoms with Gasteiger partial charge in [-0.3, -0.25) is 4.57 Å². The van der Waals surface area contributed by atoms with Crippen LogP contribution < -0.4 is 21.7 Å². The Morgan fingerprint density at radius 1 is 1.00 bits per heavy atom. The topological polar surface area (TPSA) is 150 Å². The van der Waals surface area contributed by atoms with Crippen molar-refractivity contribution >= 4 is 28.7 Å². The maximum Gasteiger partial charge on any atom is 0.319 e. The first-order chi connectivity index (χ1) is 19.1. The number of benzene rings is 1. The molecule has 3 aromatic rings. The molecule has 5 rings (SSSR count). The smallest absolute Gasteiger partial charge is 0.319 e. The Morgan fingerprint density at radius 2 is 1.73 bits per heavy atom. The Balaban J connectivity index is 1.11. The minimum atomic E-state index is -0.464. The van der Waals surface area contributed by atoms with Crippen LogP contribution >= 0.6 is 0 Å². The molecule has 2 aliphatic rings. The van der Waals surface area contributed by atoms with E-state index in [1.807, 2.05) is 42.7 Å². The standard InChI is InChI=1S/C28H40N8O4/c1-16-17(2)39-23-22(38-16)20(40-26(23)36-15-34-21-24(29)32-14-33-25(21)36)13-30-11-6-12-31-27(37)35-19-9-7-18(8-10-19)28(3,4)5/h7-10,14-17,20,22-23,26,30H,6,11-13H2,1-5H3,(H2,29,32,33)(H2,31,35,37). The molecule has 216 valence electrons. The minimum Gasteiger partial charge on any atom is -0.382 e. The van der Waals surface area contributed by atoms with Crippen LogP contribution in [-0.4, -0.2) is 75.7 Å². The van der Waals surface area contributed by atoms with Gasteiger partial charge in [0.2, 0.25) is 0 Å². The summed E-state index contributed by atoms with van der Waals surface area (Å²) >= 11 is 0. The van der Waals surface area contributed by atoms with Crippen molar-refractivity contribution in [3.63, 3.8) is 0 Å². The molecule has 0 radical (unpaired) electrons. The van der Waals surface area contributed by atoms with Gasteiger partial charge >= 0.3 is 6.03 Å². The van der Waals surface area contributed by atoms with Crippen LogP contribution in [0.3, 0.4) is 0 Å². The predicted octanol–water partition coefficient (Wildman–Crippen LogP) is 2.97. The Labute approximate surface area is 234 Å². The van der Waals surface area contributed by atoms with Gasteiger partial charge in [-0.05, 0) is 49.9 Å². The SMILES string of the molecule is CC1OC2C(CNCCCNC(=O)Nc3ccc(C(C)(C)C)cc3)OC(n3cnc4c(N)ncnc43)C2OC1C. The molecular weight excluding hydrogens is 512 g/mol. The number of carbonyl (C=O) groups is 1. The normalized spacial score (nSPS) is 26.5. The summed E-state index contributed by atoms with van der Waals surface area (Å²) in [7, 11) is 0. The third-order valence-corrected chi connectivity index (χ3v) is 7.52. The molecule has 6 atom stereocenters. The van der Waals surface area contributed by atoms with Crippen molar-refractivity contribution in [1.29, 1.82) is 0 Å². The summed E-state index contributed by atoms with van der Waals surface area (Å²) in [5.74, 6) is 0.319. The average molecular weight is 553 g/mol. The molecule has 4 heterocycles. The first-order valence-corrected chi connectivity index (χ1v) is 13.9. The zero-order valence-electron chi connectivity index (χ0n) is 23.8. The van der Waals surface area contributed by atoms with E-state index in [0.717, 1.165) is 12.1 Å². The number of nitrogen functional groups attached to an aromatic ring is 1. The van der Waals surface area contributed by atoms with E-state index in [1.54, 1.807) is 6.33 Å². The number of fused-ring (bicyclic) bond motifs is 2. The number of imidazole rings is 1. The molecule has 6 unspecified atom stereocenters. The molecule has 2 amide bonds. The van der Waals surface area contributed by atoms with Crippen LogP contribution in [-0.2, 0) is 19.6 Å². The maximum absolute atomic E-state index is 12.3. The number of aromatic nitrogens is 4. The van der Waals surface area contributed by atoms with Gasteiger partial charge in [0.15, 0.2) is 17.7 Å². The van der Waals surface area contributed by atoms with Gasteiger partial charge in [0.1, 0.15) is 30.2 Å². The lowest BCUT2D eigenvalue weighted by molar-refractivity contribution is -0.208. The number of anilines is 2. The van der Waals surface area contributed by atoms with Crippen LogP contribution in [0, 0.1) is 0 Å². The van der Waals surface area contributed by atoms with Gasteiger partial charge < -0.3 is 35.9 Å². The second-order valence-corrected chi connectivity index (χ2v) is 11.5. The molecule has 40 heavy (non-hydrogen) atoms. The van der Waals surface area contributed by atoms with E-state index in [4.69, 9.17) is 19.9 Å².